The topological polar surface area (TPSA) is 53.5 Å². The maximum atomic E-state index is 12.7. The lowest BCUT2D eigenvalue weighted by molar-refractivity contribution is -0.131. The van der Waals surface area contributed by atoms with Gasteiger partial charge in [-0.15, -0.1) is 11.3 Å². The molecule has 5 nitrogen and oxygen atoms in total. The number of hydrogen-bond donors (Lipinski definition) is 0. The van der Waals surface area contributed by atoms with Gasteiger partial charge in [0.1, 0.15) is 9.88 Å². The summed E-state index contributed by atoms with van der Waals surface area (Å²) in [5, 5.41) is 0.819. The minimum Gasteiger partial charge on any atom is -0.342 e. The molecule has 0 atom stereocenters. The Kier molecular flexibility index (Phi) is 6.09. The highest BCUT2D eigenvalue weighted by molar-refractivity contribution is 7.17. The molecule has 0 aliphatic rings. The van der Waals surface area contributed by atoms with Crippen molar-refractivity contribution in [3.05, 3.63) is 40.9 Å². The van der Waals surface area contributed by atoms with E-state index in [-0.39, 0.29) is 18.4 Å². The third-order valence-corrected chi connectivity index (χ3v) is 5.04. The summed E-state index contributed by atoms with van der Waals surface area (Å²) in [5.41, 5.74) is 1.69. The molecule has 0 saturated heterocycles. The maximum absolute atomic E-state index is 12.7. The molecule has 0 spiro atoms. The van der Waals surface area contributed by atoms with Gasteiger partial charge < -0.3 is 9.80 Å². The summed E-state index contributed by atoms with van der Waals surface area (Å²) in [7, 11) is 1.66. The number of benzene rings is 1. The molecule has 128 valence electrons. The van der Waals surface area contributed by atoms with Crippen molar-refractivity contribution in [2.24, 2.45) is 0 Å². The Morgan fingerprint density at radius 1 is 1.12 bits per heavy atom. The maximum Gasteiger partial charge on any atom is 0.266 e. The van der Waals surface area contributed by atoms with Gasteiger partial charge in [0, 0.05) is 25.7 Å². The number of amides is 2. The number of likely N-dealkylation sites (N-methyl/N-ethyl adjacent to an activating group) is 2. The second-order valence-electron chi connectivity index (χ2n) is 5.53. The Balaban J connectivity index is 2.15. The Bertz CT molecular complexity index is 708. The van der Waals surface area contributed by atoms with E-state index < -0.39 is 0 Å². The van der Waals surface area contributed by atoms with Crippen LogP contribution in [0.15, 0.2) is 30.3 Å². The second kappa shape index (κ2) is 8.06. The van der Waals surface area contributed by atoms with Crippen LogP contribution in [0, 0.1) is 6.92 Å². The van der Waals surface area contributed by atoms with Crippen molar-refractivity contribution in [3.63, 3.8) is 0 Å². The normalized spacial score (nSPS) is 10.5. The highest BCUT2D eigenvalue weighted by Gasteiger charge is 2.22. The summed E-state index contributed by atoms with van der Waals surface area (Å²) in [6, 6.07) is 9.79. The van der Waals surface area contributed by atoms with E-state index in [1.807, 2.05) is 51.1 Å². The van der Waals surface area contributed by atoms with Crippen LogP contribution in [0.3, 0.4) is 0 Å². The van der Waals surface area contributed by atoms with Gasteiger partial charge in [-0.3, -0.25) is 9.59 Å². The van der Waals surface area contributed by atoms with Crippen LogP contribution in [-0.4, -0.2) is 53.3 Å². The number of rotatable bonds is 6. The molecule has 1 aromatic heterocycles. The highest BCUT2D eigenvalue weighted by Crippen LogP contribution is 2.28. The summed E-state index contributed by atoms with van der Waals surface area (Å²) in [5.74, 6) is -0.200. The first-order chi connectivity index (χ1) is 11.5. The number of hydrogen-bond acceptors (Lipinski definition) is 4. The molecule has 0 unspecified atom stereocenters. The molecule has 2 rings (SSSR count). The van der Waals surface area contributed by atoms with Crippen molar-refractivity contribution in [2.45, 2.75) is 20.8 Å². The lowest BCUT2D eigenvalue weighted by atomic mass is 10.2. The molecule has 0 aliphatic carbocycles. The van der Waals surface area contributed by atoms with Gasteiger partial charge in [0.25, 0.3) is 5.91 Å². The van der Waals surface area contributed by atoms with Crippen molar-refractivity contribution in [1.29, 1.82) is 0 Å². The van der Waals surface area contributed by atoms with E-state index in [2.05, 4.69) is 4.98 Å². The van der Waals surface area contributed by atoms with Gasteiger partial charge in [-0.1, -0.05) is 30.3 Å². The van der Waals surface area contributed by atoms with Crippen molar-refractivity contribution in [3.8, 4) is 10.6 Å². The molecule has 0 N–H and O–H groups in total. The fourth-order valence-electron chi connectivity index (χ4n) is 2.42. The molecule has 1 heterocycles. The van der Waals surface area contributed by atoms with E-state index in [1.165, 1.54) is 16.2 Å². The van der Waals surface area contributed by atoms with Crippen LogP contribution in [0.25, 0.3) is 10.6 Å². The molecule has 24 heavy (non-hydrogen) atoms. The first-order valence-electron chi connectivity index (χ1n) is 8.04. The predicted octanol–water partition coefficient (Wildman–Crippen LogP) is 3.06. The van der Waals surface area contributed by atoms with Crippen LogP contribution >= 0.6 is 11.3 Å². The van der Waals surface area contributed by atoms with Crippen molar-refractivity contribution >= 4 is 23.2 Å². The zero-order valence-corrected chi connectivity index (χ0v) is 15.4. The van der Waals surface area contributed by atoms with Crippen molar-refractivity contribution < 1.29 is 9.59 Å². The number of carbonyl (C=O) groups excluding carboxylic acids is 2. The third kappa shape index (κ3) is 4.00. The van der Waals surface area contributed by atoms with Crippen LogP contribution in [0.2, 0.25) is 0 Å². The second-order valence-corrected chi connectivity index (χ2v) is 6.53. The molecular formula is C18H23N3O2S. The summed E-state index contributed by atoms with van der Waals surface area (Å²) < 4.78 is 0. The van der Waals surface area contributed by atoms with E-state index in [0.29, 0.717) is 23.7 Å². The predicted molar refractivity (Wildman–Crippen MR) is 97.2 cm³/mol. The zero-order valence-electron chi connectivity index (χ0n) is 14.6. The van der Waals surface area contributed by atoms with Crippen LogP contribution in [0.1, 0.15) is 29.2 Å². The van der Waals surface area contributed by atoms with Crippen molar-refractivity contribution in [1.82, 2.24) is 14.8 Å². The Labute approximate surface area is 146 Å². The lowest BCUT2D eigenvalue weighted by Crippen LogP contribution is -2.41. The lowest BCUT2D eigenvalue weighted by Gasteiger charge is -2.22. The Hall–Kier alpha value is -2.21. The first-order valence-corrected chi connectivity index (χ1v) is 8.85. The molecule has 2 aromatic rings. The van der Waals surface area contributed by atoms with E-state index in [9.17, 15) is 9.59 Å². The minimum atomic E-state index is -0.160. The first kappa shape index (κ1) is 18.1. The molecule has 0 aliphatic heterocycles. The fraction of sp³-hybridized carbons (Fsp3) is 0.389. The average Bonchev–Trinajstić information content (AvgIpc) is 2.97. The number of aryl methyl sites for hydroxylation is 1. The van der Waals surface area contributed by atoms with Gasteiger partial charge in [-0.25, -0.2) is 4.98 Å². The number of thiazole rings is 1. The molecule has 0 radical (unpaired) electrons. The third-order valence-electron chi connectivity index (χ3n) is 3.85. The van der Waals surface area contributed by atoms with E-state index in [4.69, 9.17) is 0 Å². The number of carbonyl (C=O) groups is 2. The van der Waals surface area contributed by atoms with Crippen LogP contribution in [0.5, 0.6) is 0 Å². The van der Waals surface area contributed by atoms with Gasteiger partial charge in [0.15, 0.2) is 0 Å². The SMILES string of the molecule is CCN(CC)C(=O)CN(C)C(=O)c1sc(-c2ccccc2)nc1C. The van der Waals surface area contributed by atoms with Crippen LogP contribution < -0.4 is 0 Å². The van der Waals surface area contributed by atoms with Crippen LogP contribution in [0.4, 0.5) is 0 Å². The van der Waals surface area contributed by atoms with Gasteiger partial charge >= 0.3 is 0 Å². The van der Waals surface area contributed by atoms with Crippen LogP contribution in [-0.2, 0) is 4.79 Å². The number of nitrogens with zero attached hydrogens (tertiary/aromatic N) is 3. The van der Waals surface area contributed by atoms with Gasteiger partial charge in [0.05, 0.1) is 12.2 Å². The van der Waals surface area contributed by atoms with Gasteiger partial charge in [-0.05, 0) is 20.8 Å². The van der Waals surface area contributed by atoms with E-state index >= 15 is 0 Å². The molecule has 1 aromatic carbocycles. The molecule has 0 bridgehead atoms. The average molecular weight is 345 g/mol. The van der Waals surface area contributed by atoms with E-state index in [1.54, 1.807) is 11.9 Å². The highest BCUT2D eigenvalue weighted by atomic mass is 32.1. The van der Waals surface area contributed by atoms with Gasteiger partial charge in [0.2, 0.25) is 5.91 Å². The van der Waals surface area contributed by atoms with Crippen molar-refractivity contribution in [2.75, 3.05) is 26.7 Å². The molecule has 6 heteroatoms. The number of aromatic nitrogens is 1. The Morgan fingerprint density at radius 2 is 1.75 bits per heavy atom. The molecule has 0 saturated carbocycles. The summed E-state index contributed by atoms with van der Waals surface area (Å²) in [6.45, 7) is 7.07. The molecule has 0 fully saturated rings. The monoisotopic (exact) mass is 345 g/mol. The van der Waals surface area contributed by atoms with E-state index in [0.717, 1.165) is 10.6 Å². The standard InChI is InChI=1S/C18H23N3O2S/c1-5-21(6-2)15(22)12-20(4)18(23)16-13(3)19-17(24-16)14-10-8-7-9-11-14/h7-11H,5-6,12H2,1-4H3. The zero-order chi connectivity index (χ0) is 17.7. The van der Waals surface area contributed by atoms with Gasteiger partial charge in [-0.2, -0.15) is 0 Å². The quantitative estimate of drug-likeness (QED) is 0.808. The summed E-state index contributed by atoms with van der Waals surface area (Å²) in [4.78, 5) is 33.1. The largest absolute Gasteiger partial charge is 0.342 e. The summed E-state index contributed by atoms with van der Waals surface area (Å²) >= 11 is 1.37. The minimum absolute atomic E-state index is 0.0405. The fourth-order valence-corrected chi connectivity index (χ4v) is 3.49. The Morgan fingerprint density at radius 3 is 2.33 bits per heavy atom. The summed E-state index contributed by atoms with van der Waals surface area (Å²) in [6.07, 6.45) is 0. The molecule has 2 amide bonds. The smallest absolute Gasteiger partial charge is 0.266 e. The molecular weight excluding hydrogens is 322 g/mol.